The van der Waals surface area contributed by atoms with E-state index in [1.165, 1.54) is 6.20 Å². The van der Waals surface area contributed by atoms with Crippen molar-refractivity contribution in [1.29, 1.82) is 0 Å². The van der Waals surface area contributed by atoms with Crippen LogP contribution in [0.25, 0.3) is 11.3 Å². The van der Waals surface area contributed by atoms with E-state index in [2.05, 4.69) is 15.5 Å². The molecule has 1 N–H and O–H groups in total. The van der Waals surface area contributed by atoms with E-state index in [9.17, 15) is 13.6 Å². The van der Waals surface area contributed by atoms with E-state index in [4.69, 9.17) is 4.52 Å². The Labute approximate surface area is 158 Å². The SMILES string of the molecule is O=C(NCCCN(c1ccccn1)S(=O)[O-])c1cc(-c2ccccc2)on1. The summed E-state index contributed by atoms with van der Waals surface area (Å²) in [7, 11) is 0. The summed E-state index contributed by atoms with van der Waals surface area (Å²) in [5.41, 5.74) is 0.996. The maximum atomic E-state index is 12.2. The second-order valence-corrected chi connectivity index (χ2v) is 6.43. The summed E-state index contributed by atoms with van der Waals surface area (Å²) in [6.45, 7) is 0.481. The standard InChI is InChI=1S/C18H18N4O4S/c23-18(15-13-16(26-21-15)14-7-2-1-3-8-14)20-11-6-12-22(27(24)25)17-9-4-5-10-19-17/h1-5,7-10,13H,6,11-12H2,(H,20,23)(H,24,25)/p-1. The number of rotatable bonds is 8. The Balaban J connectivity index is 1.51. The lowest BCUT2D eigenvalue weighted by Gasteiger charge is -2.25. The molecule has 3 rings (SSSR count). The van der Waals surface area contributed by atoms with Gasteiger partial charge in [-0.25, -0.2) is 4.98 Å². The van der Waals surface area contributed by atoms with Crippen LogP contribution in [0.4, 0.5) is 5.82 Å². The Morgan fingerprint density at radius 3 is 2.67 bits per heavy atom. The van der Waals surface area contributed by atoms with E-state index in [-0.39, 0.29) is 24.7 Å². The van der Waals surface area contributed by atoms with Gasteiger partial charge in [0.25, 0.3) is 5.91 Å². The smallest absolute Gasteiger partial charge is 0.273 e. The lowest BCUT2D eigenvalue weighted by Crippen LogP contribution is -2.31. The highest BCUT2D eigenvalue weighted by atomic mass is 32.2. The highest BCUT2D eigenvalue weighted by Crippen LogP contribution is 2.19. The fourth-order valence-corrected chi connectivity index (χ4v) is 2.94. The number of hydrogen-bond acceptors (Lipinski definition) is 6. The summed E-state index contributed by atoms with van der Waals surface area (Å²) in [4.78, 5) is 16.2. The van der Waals surface area contributed by atoms with Gasteiger partial charge in [0.05, 0.1) is 0 Å². The van der Waals surface area contributed by atoms with E-state index in [1.54, 1.807) is 24.3 Å². The Morgan fingerprint density at radius 2 is 1.96 bits per heavy atom. The van der Waals surface area contributed by atoms with Crippen LogP contribution in [-0.4, -0.2) is 37.9 Å². The van der Waals surface area contributed by atoms with Gasteiger partial charge < -0.3 is 14.4 Å². The minimum Gasteiger partial charge on any atom is -0.755 e. The molecule has 2 heterocycles. The molecule has 0 bridgehead atoms. The van der Waals surface area contributed by atoms with Crippen molar-refractivity contribution in [3.05, 3.63) is 66.5 Å². The molecule has 0 aliphatic carbocycles. The first-order valence-corrected chi connectivity index (χ1v) is 9.26. The Kier molecular flexibility index (Phi) is 6.29. The maximum absolute atomic E-state index is 12.2. The predicted octanol–water partition coefficient (Wildman–Crippen LogP) is 2.16. The van der Waals surface area contributed by atoms with Gasteiger partial charge in [0.1, 0.15) is 5.82 Å². The van der Waals surface area contributed by atoms with Crippen molar-refractivity contribution in [2.45, 2.75) is 6.42 Å². The molecule has 1 amide bonds. The minimum atomic E-state index is -2.44. The average Bonchev–Trinajstić information content (AvgIpc) is 3.19. The number of amides is 1. The highest BCUT2D eigenvalue weighted by Gasteiger charge is 2.14. The summed E-state index contributed by atoms with van der Waals surface area (Å²) in [5.74, 6) is 0.457. The van der Waals surface area contributed by atoms with Crippen LogP contribution in [0, 0.1) is 0 Å². The Bertz CT molecular complexity index is 902. The monoisotopic (exact) mass is 385 g/mol. The van der Waals surface area contributed by atoms with Crippen molar-refractivity contribution in [3.63, 3.8) is 0 Å². The molecule has 0 radical (unpaired) electrons. The number of carbonyl (C=O) groups is 1. The molecule has 0 aliphatic rings. The van der Waals surface area contributed by atoms with E-state index in [0.717, 1.165) is 9.87 Å². The second kappa shape index (κ2) is 9.06. The molecule has 140 valence electrons. The van der Waals surface area contributed by atoms with Crippen molar-refractivity contribution in [3.8, 4) is 11.3 Å². The van der Waals surface area contributed by atoms with Crippen LogP contribution in [-0.2, 0) is 11.3 Å². The average molecular weight is 385 g/mol. The fourth-order valence-electron chi connectivity index (χ4n) is 2.40. The molecule has 9 heteroatoms. The van der Waals surface area contributed by atoms with E-state index < -0.39 is 11.3 Å². The predicted molar refractivity (Wildman–Crippen MR) is 99.4 cm³/mol. The van der Waals surface area contributed by atoms with Crippen LogP contribution in [0.2, 0.25) is 0 Å². The molecule has 1 unspecified atom stereocenters. The lowest BCUT2D eigenvalue weighted by molar-refractivity contribution is 0.0944. The summed E-state index contributed by atoms with van der Waals surface area (Å²) in [6, 6.07) is 15.9. The molecule has 0 saturated carbocycles. The normalized spacial score (nSPS) is 11.7. The van der Waals surface area contributed by atoms with E-state index >= 15 is 0 Å². The van der Waals surface area contributed by atoms with Crippen molar-refractivity contribution < 1.29 is 18.1 Å². The molecule has 3 aromatic rings. The summed E-state index contributed by atoms with van der Waals surface area (Å²) < 4.78 is 29.1. The van der Waals surface area contributed by atoms with Gasteiger partial charge in [-0.1, -0.05) is 41.6 Å². The number of nitrogens with zero attached hydrogens (tertiary/aromatic N) is 3. The first-order chi connectivity index (χ1) is 13.1. The molecule has 1 atom stereocenters. The summed E-state index contributed by atoms with van der Waals surface area (Å²) >= 11 is -2.44. The molecule has 0 saturated heterocycles. The summed E-state index contributed by atoms with van der Waals surface area (Å²) in [6.07, 6.45) is 1.94. The zero-order valence-corrected chi connectivity index (χ0v) is 15.1. The molecular formula is C18H17N4O4S-. The fraction of sp³-hybridized carbons (Fsp3) is 0.167. The molecule has 0 spiro atoms. The zero-order chi connectivity index (χ0) is 19.1. The van der Waals surface area contributed by atoms with Crippen LogP contribution in [0.5, 0.6) is 0 Å². The topological polar surface area (TPSA) is 111 Å². The van der Waals surface area contributed by atoms with Gasteiger partial charge in [-0.2, -0.15) is 0 Å². The third-order valence-electron chi connectivity index (χ3n) is 3.71. The van der Waals surface area contributed by atoms with Crippen LogP contribution in [0.3, 0.4) is 0 Å². The van der Waals surface area contributed by atoms with Gasteiger partial charge in [-0.05, 0) is 18.6 Å². The van der Waals surface area contributed by atoms with Gasteiger partial charge in [-0.15, -0.1) is 0 Å². The maximum Gasteiger partial charge on any atom is 0.273 e. The van der Waals surface area contributed by atoms with Crippen molar-refractivity contribution in [1.82, 2.24) is 15.5 Å². The molecule has 2 aromatic heterocycles. The molecule has 0 aliphatic heterocycles. The molecule has 27 heavy (non-hydrogen) atoms. The van der Waals surface area contributed by atoms with Gasteiger partial charge in [0.15, 0.2) is 11.5 Å². The van der Waals surface area contributed by atoms with Gasteiger partial charge in [-0.3, -0.25) is 13.3 Å². The van der Waals surface area contributed by atoms with Crippen LogP contribution < -0.4 is 9.62 Å². The van der Waals surface area contributed by atoms with Crippen LogP contribution in [0.15, 0.2) is 65.3 Å². The first-order valence-electron chi connectivity index (χ1n) is 8.23. The second-order valence-electron chi connectivity index (χ2n) is 5.56. The van der Waals surface area contributed by atoms with Crippen LogP contribution in [0.1, 0.15) is 16.9 Å². The Hall–Kier alpha value is -3.04. The number of anilines is 1. The first kappa shape index (κ1) is 18.7. The number of carbonyl (C=O) groups excluding carboxylic acids is 1. The number of pyridine rings is 1. The molecule has 1 aromatic carbocycles. The number of benzene rings is 1. The lowest BCUT2D eigenvalue weighted by atomic mass is 10.1. The van der Waals surface area contributed by atoms with Crippen molar-refractivity contribution >= 4 is 23.0 Å². The van der Waals surface area contributed by atoms with Crippen LogP contribution >= 0.6 is 0 Å². The molecule has 8 nitrogen and oxygen atoms in total. The third-order valence-corrected chi connectivity index (χ3v) is 4.44. The quantitative estimate of drug-likeness (QED) is 0.470. The third kappa shape index (κ3) is 4.99. The van der Waals surface area contributed by atoms with Gasteiger partial charge >= 0.3 is 0 Å². The molecular weight excluding hydrogens is 368 g/mol. The van der Waals surface area contributed by atoms with E-state index in [0.29, 0.717) is 18.0 Å². The molecule has 0 fully saturated rings. The summed E-state index contributed by atoms with van der Waals surface area (Å²) in [5, 5.41) is 6.48. The van der Waals surface area contributed by atoms with Gasteiger partial charge in [0.2, 0.25) is 0 Å². The number of nitrogens with one attached hydrogen (secondary N) is 1. The largest absolute Gasteiger partial charge is 0.755 e. The highest BCUT2D eigenvalue weighted by molar-refractivity contribution is 7.80. The minimum absolute atomic E-state index is 0.169. The zero-order valence-electron chi connectivity index (χ0n) is 14.3. The van der Waals surface area contributed by atoms with Gasteiger partial charge in [0, 0.05) is 42.2 Å². The van der Waals surface area contributed by atoms with Crippen molar-refractivity contribution in [2.24, 2.45) is 0 Å². The number of hydrogen-bond donors (Lipinski definition) is 1. The van der Waals surface area contributed by atoms with Crippen molar-refractivity contribution in [2.75, 3.05) is 17.4 Å². The number of aromatic nitrogens is 2. The van der Waals surface area contributed by atoms with E-state index in [1.807, 2.05) is 30.3 Å². The Morgan fingerprint density at radius 1 is 1.19 bits per heavy atom.